The normalized spacial score (nSPS) is 10.6. The Hall–Kier alpha value is -4.10. The highest BCUT2D eigenvalue weighted by Crippen LogP contribution is 2.38. The molecule has 0 spiro atoms. The predicted molar refractivity (Wildman–Crippen MR) is 130 cm³/mol. The number of carbonyl (C=O) groups is 2. The minimum absolute atomic E-state index is 0.224. The fourth-order valence-electron chi connectivity index (χ4n) is 3.74. The van der Waals surface area contributed by atoms with Crippen LogP contribution in [0.3, 0.4) is 0 Å². The molecule has 2 aromatic carbocycles. The zero-order valence-corrected chi connectivity index (χ0v) is 19.5. The molecule has 0 saturated carbocycles. The summed E-state index contributed by atoms with van der Waals surface area (Å²) >= 11 is 6.83. The fourth-order valence-corrected chi connectivity index (χ4v) is 4.05. The van der Waals surface area contributed by atoms with E-state index in [4.69, 9.17) is 21.1 Å². The van der Waals surface area contributed by atoms with Gasteiger partial charge in [0, 0.05) is 22.3 Å². The highest BCUT2D eigenvalue weighted by atomic mass is 35.5. The van der Waals surface area contributed by atoms with Crippen molar-refractivity contribution in [2.45, 2.75) is 6.92 Å². The largest absolute Gasteiger partial charge is 0.496 e. The van der Waals surface area contributed by atoms with Gasteiger partial charge in [-0.3, -0.25) is 9.59 Å². The summed E-state index contributed by atoms with van der Waals surface area (Å²) in [5, 5.41) is 0.456. The number of aldehydes is 2. The number of halogens is 1. The van der Waals surface area contributed by atoms with Crippen LogP contribution in [0.2, 0.25) is 5.02 Å². The highest BCUT2D eigenvalue weighted by Gasteiger charge is 2.18. The molecule has 2 aromatic heterocycles. The van der Waals surface area contributed by atoms with Crippen LogP contribution in [0.4, 0.5) is 0 Å². The topological polar surface area (TPSA) is 91.3 Å². The van der Waals surface area contributed by atoms with Crippen molar-refractivity contribution in [2.75, 3.05) is 14.2 Å². The van der Waals surface area contributed by atoms with Crippen LogP contribution in [-0.2, 0) is 0 Å². The zero-order valence-electron chi connectivity index (χ0n) is 18.7. The van der Waals surface area contributed by atoms with E-state index in [9.17, 15) is 9.59 Å². The van der Waals surface area contributed by atoms with Crippen molar-refractivity contribution in [2.24, 2.45) is 0 Å². The van der Waals surface area contributed by atoms with E-state index < -0.39 is 0 Å². The van der Waals surface area contributed by atoms with Gasteiger partial charge in [-0.25, -0.2) is 15.0 Å². The lowest BCUT2D eigenvalue weighted by Crippen LogP contribution is -1.99. The van der Waals surface area contributed by atoms with E-state index in [-0.39, 0.29) is 5.88 Å². The Balaban J connectivity index is 1.83. The molecule has 0 bridgehead atoms. The van der Waals surface area contributed by atoms with Gasteiger partial charge in [-0.05, 0) is 31.2 Å². The smallest absolute Gasteiger partial charge is 0.224 e. The van der Waals surface area contributed by atoms with Gasteiger partial charge in [0.15, 0.2) is 12.6 Å². The molecule has 0 atom stereocenters. The van der Waals surface area contributed by atoms with Gasteiger partial charge >= 0.3 is 0 Å². The standard InChI is InChI=1S/C26H20ClN3O4/c1-15-24(16-7-8-17(12-31)22(11-16)33-2)28-14-29-25(15)20-6-4-5-19(23(20)27)21-10-9-18(13-32)26(30-21)34-3/h4-14H,1-3H3. The maximum absolute atomic E-state index is 11.3. The minimum atomic E-state index is 0.224. The molecule has 34 heavy (non-hydrogen) atoms. The molecule has 2 heterocycles. The van der Waals surface area contributed by atoms with Gasteiger partial charge in [0.1, 0.15) is 12.1 Å². The number of aromatic nitrogens is 3. The van der Waals surface area contributed by atoms with E-state index in [2.05, 4.69) is 15.0 Å². The van der Waals surface area contributed by atoms with Crippen molar-refractivity contribution >= 4 is 24.2 Å². The summed E-state index contributed by atoms with van der Waals surface area (Å²) in [6.07, 6.45) is 2.91. The minimum Gasteiger partial charge on any atom is -0.496 e. The molecule has 7 nitrogen and oxygen atoms in total. The van der Waals surface area contributed by atoms with E-state index in [1.54, 1.807) is 24.3 Å². The van der Waals surface area contributed by atoms with Crippen molar-refractivity contribution in [3.8, 4) is 45.4 Å². The maximum Gasteiger partial charge on any atom is 0.224 e. The fraction of sp³-hybridized carbons (Fsp3) is 0.115. The third-order valence-electron chi connectivity index (χ3n) is 5.46. The monoisotopic (exact) mass is 473 g/mol. The number of methoxy groups -OCH3 is 2. The van der Waals surface area contributed by atoms with E-state index in [1.807, 2.05) is 31.2 Å². The van der Waals surface area contributed by atoms with E-state index in [1.165, 1.54) is 20.5 Å². The molecule has 170 valence electrons. The van der Waals surface area contributed by atoms with Crippen molar-refractivity contribution < 1.29 is 19.1 Å². The number of hydrogen-bond donors (Lipinski definition) is 0. The van der Waals surface area contributed by atoms with Crippen LogP contribution >= 0.6 is 11.6 Å². The lowest BCUT2D eigenvalue weighted by atomic mass is 9.98. The first-order valence-electron chi connectivity index (χ1n) is 10.3. The molecule has 0 N–H and O–H groups in total. The van der Waals surface area contributed by atoms with Gasteiger partial charge < -0.3 is 9.47 Å². The van der Waals surface area contributed by atoms with Crippen LogP contribution in [0.1, 0.15) is 26.3 Å². The summed E-state index contributed by atoms with van der Waals surface area (Å²) in [4.78, 5) is 35.9. The highest BCUT2D eigenvalue weighted by molar-refractivity contribution is 6.36. The first kappa shape index (κ1) is 23.1. The molecular weight excluding hydrogens is 454 g/mol. The number of carbonyl (C=O) groups excluding carboxylic acids is 2. The van der Waals surface area contributed by atoms with Crippen LogP contribution < -0.4 is 9.47 Å². The molecule has 0 amide bonds. The molecule has 0 aliphatic rings. The molecule has 0 saturated heterocycles. The average molecular weight is 474 g/mol. The van der Waals surface area contributed by atoms with Gasteiger partial charge in [-0.2, -0.15) is 0 Å². The quantitative estimate of drug-likeness (QED) is 0.328. The summed E-state index contributed by atoms with van der Waals surface area (Å²) in [6, 6.07) is 14.2. The van der Waals surface area contributed by atoms with Gasteiger partial charge in [-0.15, -0.1) is 0 Å². The van der Waals surface area contributed by atoms with Crippen molar-refractivity contribution in [1.29, 1.82) is 0 Å². The molecule has 0 aliphatic carbocycles. The number of nitrogens with zero attached hydrogens (tertiary/aromatic N) is 3. The first-order valence-corrected chi connectivity index (χ1v) is 10.6. The molecule has 0 radical (unpaired) electrons. The van der Waals surface area contributed by atoms with Crippen molar-refractivity contribution in [3.05, 3.63) is 76.6 Å². The van der Waals surface area contributed by atoms with E-state index in [0.29, 0.717) is 56.4 Å². The molecule has 4 rings (SSSR count). The van der Waals surface area contributed by atoms with Gasteiger partial charge in [0.25, 0.3) is 0 Å². The lowest BCUT2D eigenvalue weighted by molar-refractivity contribution is 0.111. The molecular formula is C26H20ClN3O4. The van der Waals surface area contributed by atoms with Gasteiger partial charge in [-0.1, -0.05) is 35.9 Å². The summed E-state index contributed by atoms with van der Waals surface area (Å²) in [5.41, 5.74) is 5.70. The third-order valence-corrected chi connectivity index (χ3v) is 5.86. The SMILES string of the molecule is COc1cc(-c2ncnc(-c3cccc(-c4ccc(C=O)c(OC)n4)c3Cl)c2C)ccc1C=O. The Bertz CT molecular complexity index is 1300. The number of ether oxygens (including phenoxy) is 2. The van der Waals surface area contributed by atoms with Crippen molar-refractivity contribution in [3.63, 3.8) is 0 Å². The number of benzene rings is 2. The average Bonchev–Trinajstić information content (AvgIpc) is 2.88. The summed E-state index contributed by atoms with van der Waals surface area (Å²) in [6.45, 7) is 1.91. The second-order valence-corrected chi connectivity index (χ2v) is 7.73. The van der Waals surface area contributed by atoms with Gasteiger partial charge in [0.05, 0.1) is 47.5 Å². The number of hydrogen-bond acceptors (Lipinski definition) is 7. The van der Waals surface area contributed by atoms with Crippen LogP contribution in [0, 0.1) is 6.92 Å². The van der Waals surface area contributed by atoms with Crippen LogP contribution in [0.15, 0.2) is 54.9 Å². The maximum atomic E-state index is 11.3. The molecule has 0 fully saturated rings. The van der Waals surface area contributed by atoms with Gasteiger partial charge in [0.2, 0.25) is 5.88 Å². The Morgan fingerprint density at radius 1 is 0.853 bits per heavy atom. The molecule has 4 aromatic rings. The third kappa shape index (κ3) is 4.13. The molecule has 0 unspecified atom stereocenters. The number of pyridine rings is 1. The summed E-state index contributed by atoms with van der Waals surface area (Å²) in [7, 11) is 2.97. The lowest BCUT2D eigenvalue weighted by Gasteiger charge is -2.14. The Morgan fingerprint density at radius 2 is 1.56 bits per heavy atom. The first-order chi connectivity index (χ1) is 16.5. The van der Waals surface area contributed by atoms with Crippen molar-refractivity contribution in [1.82, 2.24) is 15.0 Å². The summed E-state index contributed by atoms with van der Waals surface area (Å²) in [5.74, 6) is 0.688. The Morgan fingerprint density at radius 3 is 2.26 bits per heavy atom. The molecule has 0 aliphatic heterocycles. The summed E-state index contributed by atoms with van der Waals surface area (Å²) < 4.78 is 10.6. The van der Waals surface area contributed by atoms with Crippen LogP contribution in [0.25, 0.3) is 33.8 Å². The molecule has 8 heteroatoms. The second-order valence-electron chi connectivity index (χ2n) is 7.35. The Kier molecular flexibility index (Phi) is 6.65. The zero-order chi connectivity index (χ0) is 24.2. The Labute approximate surface area is 201 Å². The predicted octanol–water partition coefficient (Wildman–Crippen LogP) is 5.48. The van der Waals surface area contributed by atoms with Crippen LogP contribution in [-0.4, -0.2) is 41.7 Å². The van der Waals surface area contributed by atoms with E-state index in [0.717, 1.165) is 17.4 Å². The van der Waals surface area contributed by atoms with E-state index >= 15 is 0 Å². The second kappa shape index (κ2) is 9.80. The van der Waals surface area contributed by atoms with Crippen LogP contribution in [0.5, 0.6) is 11.6 Å². The number of rotatable bonds is 7.